The van der Waals surface area contributed by atoms with Crippen molar-refractivity contribution >= 4 is 23.8 Å². The number of fused-ring (bicyclic) bond motifs is 7. The van der Waals surface area contributed by atoms with Crippen molar-refractivity contribution in [1.29, 1.82) is 0 Å². The highest BCUT2D eigenvalue weighted by Gasteiger charge is 2.73. The smallest absolute Gasteiger partial charge is 0.305 e. The number of hydrogen-bond acceptors (Lipinski definition) is 7. The lowest BCUT2D eigenvalue weighted by atomic mass is 9.76. The number of carbonyl (C=O) groups is 4. The van der Waals surface area contributed by atoms with Gasteiger partial charge in [-0.05, 0) is 37.2 Å². The van der Waals surface area contributed by atoms with E-state index < -0.39 is 41.8 Å². The van der Waals surface area contributed by atoms with Gasteiger partial charge >= 0.3 is 11.9 Å². The summed E-state index contributed by atoms with van der Waals surface area (Å²) in [5.41, 5.74) is -1.45. The van der Waals surface area contributed by atoms with Crippen LogP contribution in [-0.4, -0.2) is 52.7 Å². The molecule has 0 N–H and O–H groups in total. The quantitative estimate of drug-likeness (QED) is 0.305. The predicted molar refractivity (Wildman–Crippen MR) is 92.1 cm³/mol. The molecular weight excluding hydrogens is 366 g/mol. The first kappa shape index (κ1) is 17.8. The number of rotatable bonds is 4. The Morgan fingerprint density at radius 2 is 1.86 bits per heavy atom. The molecule has 7 atom stereocenters. The van der Waals surface area contributed by atoms with Crippen LogP contribution in [0.5, 0.6) is 0 Å². The summed E-state index contributed by atoms with van der Waals surface area (Å²) in [5, 5.41) is 0. The van der Waals surface area contributed by atoms with Crippen molar-refractivity contribution in [2.45, 2.75) is 63.6 Å². The fraction of sp³-hybridized carbons (Fsp3) is 0.700. The summed E-state index contributed by atoms with van der Waals surface area (Å²) in [7, 11) is 0. The molecule has 0 aromatic heterocycles. The van der Waals surface area contributed by atoms with Crippen LogP contribution in [0.15, 0.2) is 12.2 Å². The molecule has 8 nitrogen and oxygen atoms in total. The Hall–Kier alpha value is -2.22. The lowest BCUT2D eigenvalue weighted by molar-refractivity contribution is -0.227. The highest BCUT2D eigenvalue weighted by atomic mass is 16.7. The number of imide groups is 1. The fourth-order valence-electron chi connectivity index (χ4n) is 6.09. The second-order valence-electron chi connectivity index (χ2n) is 8.64. The van der Waals surface area contributed by atoms with E-state index in [0.29, 0.717) is 11.8 Å². The summed E-state index contributed by atoms with van der Waals surface area (Å²) < 4.78 is 16.4. The van der Waals surface area contributed by atoms with Crippen molar-refractivity contribution in [3.63, 3.8) is 0 Å². The molecule has 2 saturated carbocycles. The maximum Gasteiger partial charge on any atom is 0.305 e. The molecule has 0 unspecified atom stereocenters. The van der Waals surface area contributed by atoms with Gasteiger partial charge in [0.2, 0.25) is 11.8 Å². The van der Waals surface area contributed by atoms with Crippen LogP contribution in [0.25, 0.3) is 0 Å². The van der Waals surface area contributed by atoms with Crippen molar-refractivity contribution in [3.05, 3.63) is 12.2 Å². The van der Waals surface area contributed by atoms with Crippen LogP contribution in [0.4, 0.5) is 0 Å². The molecule has 3 aliphatic heterocycles. The van der Waals surface area contributed by atoms with E-state index in [2.05, 4.69) is 0 Å². The monoisotopic (exact) mass is 389 g/mol. The van der Waals surface area contributed by atoms with Gasteiger partial charge in [0.1, 0.15) is 0 Å². The standard InChI is InChI=1S/C20H23NO7/c1-9(22)26-19(27-10(2)23)20-6-5-14(28-20)15-16(20)18(25)21(17(15)24)13-8-11-3-4-12(13)7-11/h5-6,11-16,19H,3-4,7-8H2,1-2H3/t11-,12-,13+,14+,15-,16-,20-/m0/s1. The van der Waals surface area contributed by atoms with Gasteiger partial charge in [0.05, 0.1) is 17.9 Å². The van der Waals surface area contributed by atoms with Crippen LogP contribution in [0, 0.1) is 23.7 Å². The largest absolute Gasteiger partial charge is 0.422 e. The minimum atomic E-state index is -1.45. The molecule has 0 radical (unpaired) electrons. The Morgan fingerprint density at radius 1 is 1.14 bits per heavy atom. The number of hydrogen-bond donors (Lipinski definition) is 0. The lowest BCUT2D eigenvalue weighted by Gasteiger charge is -2.36. The highest BCUT2D eigenvalue weighted by molar-refractivity contribution is 6.07. The van der Waals surface area contributed by atoms with E-state index in [1.165, 1.54) is 25.2 Å². The van der Waals surface area contributed by atoms with Gasteiger partial charge in [-0.25, -0.2) is 0 Å². The van der Waals surface area contributed by atoms with E-state index >= 15 is 0 Å². The molecule has 5 aliphatic rings. The molecule has 0 spiro atoms. The van der Waals surface area contributed by atoms with Crippen molar-refractivity contribution in [2.75, 3.05) is 0 Å². The van der Waals surface area contributed by atoms with E-state index in [1.54, 1.807) is 12.2 Å². The van der Waals surface area contributed by atoms with Crippen LogP contribution in [0.1, 0.15) is 39.5 Å². The van der Waals surface area contributed by atoms with Crippen LogP contribution < -0.4 is 0 Å². The average molecular weight is 389 g/mol. The van der Waals surface area contributed by atoms with Crippen LogP contribution >= 0.6 is 0 Å². The molecule has 3 heterocycles. The number of ether oxygens (including phenoxy) is 3. The molecule has 2 amide bonds. The summed E-state index contributed by atoms with van der Waals surface area (Å²) in [5.74, 6) is -2.39. The third-order valence-corrected chi connectivity index (χ3v) is 7.06. The zero-order valence-corrected chi connectivity index (χ0v) is 15.8. The van der Waals surface area contributed by atoms with Crippen molar-refractivity contribution < 1.29 is 33.4 Å². The SMILES string of the molecule is CC(=O)OC(OC(C)=O)[C@@]12C=C[C@@H](O1)[C@@H]1C(=O)N([C@@H]3C[C@H]4CC[C@H]3C4)C(=O)[C@H]12. The molecule has 2 saturated heterocycles. The number of carbonyl (C=O) groups excluding carboxylic acids is 4. The number of amides is 2. The van der Waals surface area contributed by atoms with Gasteiger partial charge in [0, 0.05) is 19.9 Å². The fourth-order valence-corrected chi connectivity index (χ4v) is 6.09. The van der Waals surface area contributed by atoms with Crippen molar-refractivity contribution in [1.82, 2.24) is 4.90 Å². The first-order valence-electron chi connectivity index (χ1n) is 9.90. The molecule has 4 fully saturated rings. The molecular formula is C20H23NO7. The molecule has 2 aliphatic carbocycles. The van der Waals surface area contributed by atoms with Gasteiger partial charge in [0.25, 0.3) is 6.29 Å². The third-order valence-electron chi connectivity index (χ3n) is 7.06. The summed E-state index contributed by atoms with van der Waals surface area (Å²) in [6.07, 6.45) is 5.49. The number of esters is 2. The van der Waals surface area contributed by atoms with E-state index in [0.717, 1.165) is 19.3 Å². The van der Waals surface area contributed by atoms with Gasteiger partial charge in [-0.1, -0.05) is 12.5 Å². The Labute approximate surface area is 162 Å². The first-order chi connectivity index (χ1) is 13.3. The third kappa shape index (κ3) is 2.27. The number of nitrogens with zero attached hydrogens (tertiary/aromatic N) is 1. The zero-order valence-electron chi connectivity index (χ0n) is 15.8. The van der Waals surface area contributed by atoms with Crippen molar-refractivity contribution in [2.24, 2.45) is 23.7 Å². The van der Waals surface area contributed by atoms with Crippen LogP contribution in [-0.2, 0) is 33.4 Å². The number of likely N-dealkylation sites (tertiary alicyclic amines) is 1. The zero-order chi connectivity index (χ0) is 19.8. The van der Waals surface area contributed by atoms with Crippen molar-refractivity contribution in [3.8, 4) is 0 Å². The van der Waals surface area contributed by atoms with Gasteiger partial charge in [0.15, 0.2) is 5.60 Å². The summed E-state index contributed by atoms with van der Waals surface area (Å²) in [6, 6.07) is -0.0540. The molecule has 4 bridgehead atoms. The Morgan fingerprint density at radius 3 is 2.43 bits per heavy atom. The molecule has 8 heteroatoms. The summed E-state index contributed by atoms with van der Waals surface area (Å²) >= 11 is 0. The minimum absolute atomic E-state index is 0.0540. The normalized spacial score (nSPS) is 42.6. The van der Waals surface area contributed by atoms with E-state index in [1.807, 2.05) is 0 Å². The van der Waals surface area contributed by atoms with Gasteiger partial charge in [-0.3, -0.25) is 24.1 Å². The van der Waals surface area contributed by atoms with Gasteiger partial charge < -0.3 is 14.2 Å². The van der Waals surface area contributed by atoms with E-state index in [-0.39, 0.29) is 17.9 Å². The van der Waals surface area contributed by atoms with E-state index in [9.17, 15) is 19.2 Å². The van der Waals surface area contributed by atoms with E-state index in [4.69, 9.17) is 14.2 Å². The van der Waals surface area contributed by atoms with Crippen LogP contribution in [0.2, 0.25) is 0 Å². The molecule has 5 rings (SSSR count). The first-order valence-corrected chi connectivity index (χ1v) is 9.90. The lowest BCUT2D eigenvalue weighted by Crippen LogP contribution is -2.53. The molecule has 0 aromatic carbocycles. The second-order valence-corrected chi connectivity index (χ2v) is 8.64. The Kier molecular flexibility index (Phi) is 3.75. The average Bonchev–Trinajstić information content (AvgIpc) is 3.40. The minimum Gasteiger partial charge on any atom is -0.422 e. The Balaban J connectivity index is 1.49. The second kappa shape index (κ2) is 5.89. The highest BCUT2D eigenvalue weighted by Crippen LogP contribution is 2.56. The van der Waals surface area contributed by atoms with Gasteiger partial charge in [-0.15, -0.1) is 0 Å². The summed E-state index contributed by atoms with van der Waals surface area (Å²) in [6.45, 7) is 2.39. The summed E-state index contributed by atoms with van der Waals surface area (Å²) in [4.78, 5) is 51.3. The van der Waals surface area contributed by atoms with Gasteiger partial charge in [-0.2, -0.15) is 0 Å². The maximum atomic E-state index is 13.4. The Bertz CT molecular complexity index is 790. The predicted octanol–water partition coefficient (Wildman–Crippen LogP) is 0.936. The maximum absolute atomic E-state index is 13.4. The molecule has 150 valence electrons. The molecule has 0 aromatic rings. The topological polar surface area (TPSA) is 99.2 Å². The molecule has 28 heavy (non-hydrogen) atoms. The van der Waals surface area contributed by atoms with Crippen LogP contribution in [0.3, 0.4) is 0 Å².